The minimum Gasteiger partial charge on any atom is -0.322 e. The van der Waals surface area contributed by atoms with Crippen molar-refractivity contribution in [3.05, 3.63) is 65.5 Å². The number of hydrogen-bond acceptors (Lipinski definition) is 3. The summed E-state index contributed by atoms with van der Waals surface area (Å²) in [4.78, 5) is 24.4. The second-order valence-corrected chi connectivity index (χ2v) is 5.25. The smallest absolute Gasteiger partial charge is 0.258 e. The number of benzene rings is 2. The molecule has 1 unspecified atom stereocenters. The zero-order chi connectivity index (χ0) is 16.8. The molecule has 4 nitrogen and oxygen atoms in total. The highest BCUT2D eigenvalue weighted by Gasteiger charge is 2.20. The maximum Gasteiger partial charge on any atom is 0.258 e. The molecule has 0 aliphatic rings. The number of Topliss-reactive ketones (excluding diaryl/α,β-unsaturated/α-hetero) is 1. The molecule has 0 aliphatic carbocycles. The van der Waals surface area contributed by atoms with Crippen LogP contribution in [-0.4, -0.2) is 17.7 Å². The van der Waals surface area contributed by atoms with Crippen molar-refractivity contribution in [3.8, 4) is 0 Å². The summed E-state index contributed by atoms with van der Waals surface area (Å²) in [5, 5.41) is 2.63. The Morgan fingerprint density at radius 2 is 1.83 bits per heavy atom. The molecule has 0 saturated heterocycles. The van der Waals surface area contributed by atoms with Gasteiger partial charge in [0.1, 0.15) is 5.82 Å². The van der Waals surface area contributed by atoms with Gasteiger partial charge in [0, 0.05) is 12.1 Å². The molecule has 1 atom stereocenters. The Morgan fingerprint density at radius 3 is 2.48 bits per heavy atom. The van der Waals surface area contributed by atoms with Crippen molar-refractivity contribution < 1.29 is 14.0 Å². The van der Waals surface area contributed by atoms with Crippen molar-refractivity contribution in [2.75, 3.05) is 5.32 Å². The third kappa shape index (κ3) is 4.23. The maximum absolute atomic E-state index is 14.1. The van der Waals surface area contributed by atoms with Crippen LogP contribution in [0, 0.1) is 5.82 Å². The molecule has 23 heavy (non-hydrogen) atoms. The predicted molar refractivity (Wildman–Crippen MR) is 87.8 cm³/mol. The third-order valence-electron chi connectivity index (χ3n) is 3.58. The largest absolute Gasteiger partial charge is 0.322 e. The minimum absolute atomic E-state index is 0.0652. The molecule has 0 spiro atoms. The molecule has 0 radical (unpaired) electrons. The van der Waals surface area contributed by atoms with E-state index < -0.39 is 17.8 Å². The number of halogens is 1. The second-order valence-electron chi connectivity index (χ2n) is 5.25. The van der Waals surface area contributed by atoms with Crippen LogP contribution >= 0.6 is 0 Å². The highest BCUT2D eigenvalue weighted by Crippen LogP contribution is 2.18. The minimum atomic E-state index is -0.659. The first kappa shape index (κ1) is 16.8. The lowest BCUT2D eigenvalue weighted by Gasteiger charge is -2.13. The van der Waals surface area contributed by atoms with E-state index in [9.17, 15) is 14.0 Å². The van der Waals surface area contributed by atoms with Gasteiger partial charge in [-0.1, -0.05) is 37.3 Å². The number of hydrogen-bond donors (Lipinski definition) is 2. The lowest BCUT2D eigenvalue weighted by Crippen LogP contribution is -2.31. The van der Waals surface area contributed by atoms with Gasteiger partial charge in [0.15, 0.2) is 5.78 Å². The van der Waals surface area contributed by atoms with E-state index in [1.807, 2.05) is 6.07 Å². The van der Waals surface area contributed by atoms with Crippen LogP contribution in [-0.2, 0) is 11.2 Å². The van der Waals surface area contributed by atoms with Crippen molar-refractivity contribution in [1.82, 2.24) is 0 Å². The molecule has 1 amide bonds. The Morgan fingerprint density at radius 1 is 1.13 bits per heavy atom. The standard InChI is InChI=1S/C18H19FN2O2/c1-2-15(20)16(22)11-12-7-6-10-14(19)17(12)18(23)21-13-8-4-3-5-9-13/h3-10,15H,2,11,20H2,1H3,(H,21,23). The average molecular weight is 314 g/mol. The number of anilines is 1. The van der Waals surface area contributed by atoms with Gasteiger partial charge in [-0.15, -0.1) is 0 Å². The molecule has 0 heterocycles. The van der Waals surface area contributed by atoms with E-state index in [1.54, 1.807) is 37.3 Å². The second kappa shape index (κ2) is 7.65. The first-order valence-corrected chi connectivity index (χ1v) is 7.45. The van der Waals surface area contributed by atoms with Gasteiger partial charge in [-0.2, -0.15) is 0 Å². The fraction of sp³-hybridized carbons (Fsp3) is 0.222. The molecule has 0 fully saturated rings. The first-order chi connectivity index (χ1) is 11.0. The van der Waals surface area contributed by atoms with E-state index in [2.05, 4.69) is 5.32 Å². The van der Waals surface area contributed by atoms with Gasteiger partial charge in [-0.3, -0.25) is 9.59 Å². The molecule has 3 N–H and O–H groups in total. The number of ketones is 1. The van der Waals surface area contributed by atoms with Crippen LogP contribution in [0.1, 0.15) is 29.3 Å². The molecule has 2 aromatic carbocycles. The molecule has 5 heteroatoms. The van der Waals surface area contributed by atoms with Crippen LogP contribution in [0.15, 0.2) is 48.5 Å². The van der Waals surface area contributed by atoms with Crippen LogP contribution in [0.5, 0.6) is 0 Å². The number of amides is 1. The Balaban J connectivity index is 2.27. The normalized spacial score (nSPS) is 11.8. The highest BCUT2D eigenvalue weighted by molar-refractivity contribution is 6.06. The summed E-state index contributed by atoms with van der Waals surface area (Å²) in [5.41, 5.74) is 6.49. The molecular weight excluding hydrogens is 295 g/mol. The van der Waals surface area contributed by atoms with Gasteiger partial charge in [-0.05, 0) is 30.2 Å². The van der Waals surface area contributed by atoms with Crippen LogP contribution in [0.25, 0.3) is 0 Å². The van der Waals surface area contributed by atoms with Gasteiger partial charge in [0.2, 0.25) is 0 Å². The Bertz CT molecular complexity index is 701. The number of nitrogens with one attached hydrogen (secondary N) is 1. The van der Waals surface area contributed by atoms with Crippen molar-refractivity contribution in [1.29, 1.82) is 0 Å². The zero-order valence-electron chi connectivity index (χ0n) is 12.9. The Hall–Kier alpha value is -2.53. The summed E-state index contributed by atoms with van der Waals surface area (Å²) in [6, 6.07) is 12.4. The summed E-state index contributed by atoms with van der Waals surface area (Å²) in [5.74, 6) is -1.46. The van der Waals surface area contributed by atoms with Crippen molar-refractivity contribution >= 4 is 17.4 Å². The van der Waals surface area contributed by atoms with Crippen LogP contribution in [0.2, 0.25) is 0 Å². The quantitative estimate of drug-likeness (QED) is 0.861. The van der Waals surface area contributed by atoms with Gasteiger partial charge >= 0.3 is 0 Å². The SMILES string of the molecule is CCC(N)C(=O)Cc1cccc(F)c1C(=O)Nc1ccccc1. The van der Waals surface area contributed by atoms with E-state index >= 15 is 0 Å². The molecule has 120 valence electrons. The molecule has 0 saturated carbocycles. The van der Waals surface area contributed by atoms with Gasteiger partial charge in [0.05, 0.1) is 11.6 Å². The summed E-state index contributed by atoms with van der Waals surface area (Å²) in [6.45, 7) is 1.80. The topological polar surface area (TPSA) is 72.2 Å². The van der Waals surface area contributed by atoms with Gasteiger partial charge in [-0.25, -0.2) is 4.39 Å². The molecule has 2 rings (SSSR count). The summed E-state index contributed by atoms with van der Waals surface area (Å²) in [7, 11) is 0. The van der Waals surface area contributed by atoms with Crippen LogP contribution in [0.4, 0.5) is 10.1 Å². The summed E-state index contributed by atoms with van der Waals surface area (Å²) in [6.07, 6.45) is 0.435. The van der Waals surface area contributed by atoms with E-state index in [0.29, 0.717) is 17.7 Å². The van der Waals surface area contributed by atoms with E-state index in [1.165, 1.54) is 12.1 Å². The van der Waals surface area contributed by atoms with E-state index in [0.717, 1.165) is 0 Å². The van der Waals surface area contributed by atoms with Crippen LogP contribution in [0.3, 0.4) is 0 Å². The lowest BCUT2D eigenvalue weighted by atomic mass is 9.97. The average Bonchev–Trinajstić information content (AvgIpc) is 2.54. The zero-order valence-corrected chi connectivity index (χ0v) is 12.9. The van der Waals surface area contributed by atoms with Crippen molar-refractivity contribution in [2.45, 2.75) is 25.8 Å². The monoisotopic (exact) mass is 314 g/mol. The number of carbonyl (C=O) groups excluding carboxylic acids is 2. The van der Waals surface area contributed by atoms with E-state index in [4.69, 9.17) is 5.73 Å². The number of para-hydroxylation sites is 1. The predicted octanol–water partition coefficient (Wildman–Crippen LogP) is 2.93. The number of nitrogens with two attached hydrogens (primary N) is 1. The van der Waals surface area contributed by atoms with Crippen LogP contribution < -0.4 is 11.1 Å². The Kier molecular flexibility index (Phi) is 5.60. The highest BCUT2D eigenvalue weighted by atomic mass is 19.1. The Labute approximate surface area is 134 Å². The molecule has 0 aliphatic heterocycles. The number of rotatable bonds is 6. The fourth-order valence-electron chi connectivity index (χ4n) is 2.23. The fourth-order valence-corrected chi connectivity index (χ4v) is 2.23. The maximum atomic E-state index is 14.1. The molecule has 0 aromatic heterocycles. The van der Waals surface area contributed by atoms with E-state index in [-0.39, 0.29) is 17.8 Å². The van der Waals surface area contributed by atoms with Gasteiger partial charge < -0.3 is 11.1 Å². The van der Waals surface area contributed by atoms with Crippen molar-refractivity contribution in [2.24, 2.45) is 5.73 Å². The summed E-state index contributed by atoms with van der Waals surface area (Å²) >= 11 is 0. The molecular formula is C18H19FN2O2. The lowest BCUT2D eigenvalue weighted by molar-refractivity contribution is -0.119. The van der Waals surface area contributed by atoms with Gasteiger partial charge in [0.25, 0.3) is 5.91 Å². The summed E-state index contributed by atoms with van der Waals surface area (Å²) < 4.78 is 14.1. The molecule has 0 bridgehead atoms. The van der Waals surface area contributed by atoms with Crippen molar-refractivity contribution in [3.63, 3.8) is 0 Å². The third-order valence-corrected chi connectivity index (χ3v) is 3.58. The number of carbonyl (C=O) groups is 2. The molecule has 2 aromatic rings. The first-order valence-electron chi connectivity index (χ1n) is 7.45.